The molecule has 0 spiro atoms. The van der Waals surface area contributed by atoms with Crippen LogP contribution < -0.4 is 0 Å². The van der Waals surface area contributed by atoms with Crippen LogP contribution in [0.25, 0.3) is 0 Å². The van der Waals surface area contributed by atoms with E-state index in [2.05, 4.69) is 5.16 Å². The van der Waals surface area contributed by atoms with E-state index >= 15 is 0 Å². The van der Waals surface area contributed by atoms with Crippen molar-refractivity contribution >= 4 is 17.3 Å². The number of oxime groups is 1. The van der Waals surface area contributed by atoms with Crippen molar-refractivity contribution in [1.82, 2.24) is 0 Å². The Labute approximate surface area is 207 Å². The highest BCUT2D eigenvalue weighted by atomic mass is 35.5. The molecule has 35 heavy (non-hydrogen) atoms. The minimum Gasteiger partial charge on any atom is -0.392 e. The second-order valence-electron chi connectivity index (χ2n) is 8.34. The Balaban J connectivity index is 1.89. The van der Waals surface area contributed by atoms with E-state index < -0.39 is 11.7 Å². The second kappa shape index (κ2) is 11.7. The molecule has 4 nitrogen and oxygen atoms in total. The SMILES string of the molecule is CC(C(=NOCc1ccc(Cl)c(C(F)(F)F)c1)C(C)c1ccc(CO)cc1)c1ccc(CO)cc1. The van der Waals surface area contributed by atoms with Gasteiger partial charge in [-0.05, 0) is 39.9 Å². The molecule has 0 aliphatic rings. The van der Waals surface area contributed by atoms with Crippen molar-refractivity contribution in [2.75, 3.05) is 0 Å². The molecule has 3 rings (SSSR count). The van der Waals surface area contributed by atoms with Crippen molar-refractivity contribution in [3.63, 3.8) is 0 Å². The molecule has 2 atom stereocenters. The van der Waals surface area contributed by atoms with Gasteiger partial charge in [-0.25, -0.2) is 0 Å². The monoisotopic (exact) mass is 505 g/mol. The van der Waals surface area contributed by atoms with Crippen LogP contribution in [-0.4, -0.2) is 15.9 Å². The van der Waals surface area contributed by atoms with E-state index in [1.54, 1.807) is 0 Å². The molecule has 8 heteroatoms. The van der Waals surface area contributed by atoms with Crippen LogP contribution in [0.5, 0.6) is 0 Å². The van der Waals surface area contributed by atoms with Crippen LogP contribution in [0, 0.1) is 0 Å². The van der Waals surface area contributed by atoms with Gasteiger partial charge in [0.1, 0.15) is 6.61 Å². The molecule has 2 unspecified atom stereocenters. The first kappa shape index (κ1) is 26.7. The summed E-state index contributed by atoms with van der Waals surface area (Å²) in [4.78, 5) is 5.56. The van der Waals surface area contributed by atoms with Gasteiger partial charge in [-0.15, -0.1) is 0 Å². The van der Waals surface area contributed by atoms with Crippen LogP contribution in [0.3, 0.4) is 0 Å². The lowest BCUT2D eigenvalue weighted by Gasteiger charge is -2.22. The van der Waals surface area contributed by atoms with Gasteiger partial charge in [0.2, 0.25) is 0 Å². The largest absolute Gasteiger partial charge is 0.417 e. The predicted molar refractivity (Wildman–Crippen MR) is 130 cm³/mol. The normalized spacial score (nSPS) is 13.3. The molecule has 0 saturated carbocycles. The van der Waals surface area contributed by atoms with Crippen molar-refractivity contribution in [3.05, 3.63) is 105 Å². The highest BCUT2D eigenvalue weighted by Gasteiger charge is 2.33. The number of halogens is 4. The van der Waals surface area contributed by atoms with Crippen molar-refractivity contribution in [2.24, 2.45) is 5.16 Å². The van der Waals surface area contributed by atoms with E-state index in [0.29, 0.717) is 11.3 Å². The third-order valence-electron chi connectivity index (χ3n) is 5.95. The lowest BCUT2D eigenvalue weighted by molar-refractivity contribution is -0.137. The number of hydrogen-bond donors (Lipinski definition) is 2. The first-order valence-electron chi connectivity index (χ1n) is 11.1. The van der Waals surface area contributed by atoms with Gasteiger partial charge in [-0.3, -0.25) is 0 Å². The Bertz CT molecular complexity index is 1090. The Morgan fingerprint density at radius 2 is 1.29 bits per heavy atom. The zero-order valence-electron chi connectivity index (χ0n) is 19.4. The molecule has 0 bridgehead atoms. The smallest absolute Gasteiger partial charge is 0.392 e. The zero-order chi connectivity index (χ0) is 25.6. The van der Waals surface area contributed by atoms with Crippen LogP contribution in [0.2, 0.25) is 5.02 Å². The summed E-state index contributed by atoms with van der Waals surface area (Å²) in [5.41, 5.74) is 3.54. The summed E-state index contributed by atoms with van der Waals surface area (Å²) in [6.45, 7) is 3.66. The fourth-order valence-electron chi connectivity index (χ4n) is 3.76. The number of nitrogens with zero attached hydrogens (tertiary/aromatic N) is 1. The van der Waals surface area contributed by atoms with Gasteiger partial charge < -0.3 is 15.1 Å². The first-order valence-corrected chi connectivity index (χ1v) is 11.5. The van der Waals surface area contributed by atoms with Crippen LogP contribution in [0.4, 0.5) is 13.2 Å². The Hall–Kier alpha value is -2.87. The number of hydrogen-bond acceptors (Lipinski definition) is 4. The molecule has 0 aliphatic carbocycles. The Morgan fingerprint density at radius 3 is 1.71 bits per heavy atom. The molecular formula is C27H27ClF3NO3. The molecule has 0 fully saturated rings. The average molecular weight is 506 g/mol. The van der Waals surface area contributed by atoms with Crippen molar-refractivity contribution < 1.29 is 28.2 Å². The highest BCUT2D eigenvalue weighted by molar-refractivity contribution is 6.31. The molecular weight excluding hydrogens is 479 g/mol. The van der Waals surface area contributed by atoms with Crippen LogP contribution in [-0.2, 0) is 30.8 Å². The third-order valence-corrected chi connectivity index (χ3v) is 6.28. The third kappa shape index (κ3) is 6.84. The maximum atomic E-state index is 13.2. The summed E-state index contributed by atoms with van der Waals surface area (Å²) in [6.07, 6.45) is -4.56. The van der Waals surface area contributed by atoms with Gasteiger partial charge in [0.25, 0.3) is 0 Å². The summed E-state index contributed by atoms with van der Waals surface area (Å²) in [7, 11) is 0. The minimum absolute atomic E-state index is 0.0622. The lowest BCUT2D eigenvalue weighted by atomic mass is 9.84. The molecule has 0 aromatic heterocycles. The second-order valence-corrected chi connectivity index (χ2v) is 8.75. The van der Waals surface area contributed by atoms with Crippen molar-refractivity contribution in [2.45, 2.75) is 51.7 Å². The maximum Gasteiger partial charge on any atom is 0.417 e. The van der Waals surface area contributed by atoms with Gasteiger partial charge in [0, 0.05) is 11.8 Å². The first-order chi connectivity index (χ1) is 16.6. The molecule has 3 aromatic carbocycles. The molecule has 0 amide bonds. The molecule has 0 heterocycles. The summed E-state index contributed by atoms with van der Waals surface area (Å²) in [5.74, 6) is -0.350. The Kier molecular flexibility index (Phi) is 8.94. The standard InChI is InChI=1S/C27H27ClF3NO3/c1-17(22-8-3-19(14-33)4-9-22)26(18(2)23-10-5-20(15-34)6-11-23)32-35-16-21-7-12-25(28)24(13-21)27(29,30)31/h3-13,17-18,33-34H,14-16H2,1-2H3. The summed E-state index contributed by atoms with van der Waals surface area (Å²) in [6, 6.07) is 18.6. The summed E-state index contributed by atoms with van der Waals surface area (Å²) < 4.78 is 39.6. The van der Waals surface area contributed by atoms with Gasteiger partial charge >= 0.3 is 6.18 Å². The van der Waals surface area contributed by atoms with Gasteiger partial charge in [0.15, 0.2) is 0 Å². The molecule has 0 saturated heterocycles. The van der Waals surface area contributed by atoms with E-state index in [0.717, 1.165) is 28.3 Å². The number of aliphatic hydroxyl groups excluding tert-OH is 2. The van der Waals surface area contributed by atoms with Crippen molar-refractivity contribution in [3.8, 4) is 0 Å². The maximum absolute atomic E-state index is 13.2. The highest BCUT2D eigenvalue weighted by Crippen LogP contribution is 2.35. The zero-order valence-corrected chi connectivity index (χ0v) is 20.1. The number of benzene rings is 3. The molecule has 0 radical (unpaired) electrons. The van der Waals surface area contributed by atoms with Gasteiger partial charge in [0.05, 0.1) is 29.5 Å². The number of alkyl halides is 3. The molecule has 2 N–H and O–H groups in total. The predicted octanol–water partition coefficient (Wildman–Crippen LogP) is 6.82. The van der Waals surface area contributed by atoms with Gasteiger partial charge in [-0.2, -0.15) is 13.2 Å². The van der Waals surface area contributed by atoms with Crippen LogP contribution in [0.1, 0.15) is 59.1 Å². The van der Waals surface area contributed by atoms with Crippen molar-refractivity contribution in [1.29, 1.82) is 0 Å². The number of rotatable bonds is 9. The van der Waals surface area contributed by atoms with E-state index in [9.17, 15) is 23.4 Å². The summed E-state index contributed by atoms with van der Waals surface area (Å²) >= 11 is 5.71. The van der Waals surface area contributed by atoms with Crippen LogP contribution in [0.15, 0.2) is 71.9 Å². The van der Waals surface area contributed by atoms with E-state index in [1.807, 2.05) is 62.4 Å². The summed E-state index contributed by atoms with van der Waals surface area (Å²) in [5, 5.41) is 22.7. The fourth-order valence-corrected chi connectivity index (χ4v) is 3.98. The topological polar surface area (TPSA) is 62.0 Å². The van der Waals surface area contributed by atoms with E-state index in [4.69, 9.17) is 16.4 Å². The minimum atomic E-state index is -4.56. The lowest BCUT2D eigenvalue weighted by Crippen LogP contribution is -2.18. The van der Waals surface area contributed by atoms with E-state index in [1.165, 1.54) is 12.1 Å². The van der Waals surface area contributed by atoms with Gasteiger partial charge in [-0.1, -0.05) is 85.2 Å². The molecule has 3 aromatic rings. The Morgan fingerprint density at radius 1 is 0.829 bits per heavy atom. The average Bonchev–Trinajstić information content (AvgIpc) is 2.86. The molecule has 186 valence electrons. The van der Waals surface area contributed by atoms with E-state index in [-0.39, 0.29) is 36.7 Å². The fraction of sp³-hybridized carbons (Fsp3) is 0.296. The molecule has 0 aliphatic heterocycles. The number of aliphatic hydroxyl groups is 2. The van der Waals surface area contributed by atoms with Crippen LogP contribution >= 0.6 is 11.6 Å². The quantitative estimate of drug-likeness (QED) is 0.248.